The third-order valence-electron chi connectivity index (χ3n) is 2.27. The molecule has 0 fully saturated rings. The Morgan fingerprint density at radius 1 is 1.18 bits per heavy atom. The summed E-state index contributed by atoms with van der Waals surface area (Å²) in [6.07, 6.45) is 1.86. The van der Waals surface area contributed by atoms with Crippen LogP contribution in [0.2, 0.25) is 0 Å². The van der Waals surface area contributed by atoms with E-state index in [1.807, 2.05) is 23.8 Å². The summed E-state index contributed by atoms with van der Waals surface area (Å²) in [5.74, 6) is 0. The van der Waals surface area contributed by atoms with Crippen LogP contribution in [0.4, 0.5) is 0 Å². The Morgan fingerprint density at radius 2 is 2.12 bits per heavy atom. The summed E-state index contributed by atoms with van der Waals surface area (Å²) in [6, 6.07) is 8.17. The number of nitrogens with zero attached hydrogens (tertiary/aromatic N) is 2. The van der Waals surface area contributed by atoms with Gasteiger partial charge in [0.25, 0.3) is 0 Å². The topological polar surface area (TPSA) is 25.8 Å². The molecule has 2 nitrogen and oxygen atoms in total. The Kier molecular flexibility index (Phi) is 3.05. The third-order valence-corrected chi connectivity index (χ3v) is 4.55. The molecule has 0 saturated heterocycles. The highest BCUT2D eigenvalue weighted by Gasteiger charge is 2.07. The molecule has 0 N–H and O–H groups in total. The maximum absolute atomic E-state index is 4.63. The number of rotatable bonds is 2. The number of benzene rings is 1. The fraction of sp³-hybridized carbons (Fsp3) is 0. The van der Waals surface area contributed by atoms with Gasteiger partial charge in [-0.05, 0) is 12.1 Å². The van der Waals surface area contributed by atoms with Crippen molar-refractivity contribution in [3.05, 3.63) is 45.8 Å². The Hall–Kier alpha value is -1.04. The van der Waals surface area contributed by atoms with E-state index in [4.69, 9.17) is 0 Å². The highest BCUT2D eigenvalue weighted by Crippen LogP contribution is 2.31. The summed E-state index contributed by atoms with van der Waals surface area (Å²) in [5.41, 5.74) is 3.97. The zero-order chi connectivity index (χ0) is 11.7. The van der Waals surface area contributed by atoms with Gasteiger partial charge in [-0.25, -0.2) is 4.98 Å². The van der Waals surface area contributed by atoms with Crippen molar-refractivity contribution < 1.29 is 0 Å². The van der Waals surface area contributed by atoms with Crippen molar-refractivity contribution in [2.75, 3.05) is 0 Å². The fourth-order valence-electron chi connectivity index (χ4n) is 1.49. The Bertz CT molecular complexity index is 632. The molecule has 17 heavy (non-hydrogen) atoms. The van der Waals surface area contributed by atoms with Crippen LogP contribution in [0.15, 0.2) is 45.8 Å². The maximum Gasteiger partial charge on any atom is 0.135 e. The zero-order valence-electron chi connectivity index (χ0n) is 8.63. The largest absolute Gasteiger partial charge is 0.252 e. The second-order valence-corrected chi connectivity index (χ2v) is 6.07. The molecular weight excluding hydrogens is 316 g/mol. The first kappa shape index (κ1) is 11.1. The lowest BCUT2D eigenvalue weighted by molar-refractivity contribution is 1.39. The van der Waals surface area contributed by atoms with Crippen LogP contribution >= 0.6 is 38.6 Å². The monoisotopic (exact) mass is 322 g/mol. The number of aromatic nitrogens is 2. The van der Waals surface area contributed by atoms with E-state index in [2.05, 4.69) is 43.4 Å². The van der Waals surface area contributed by atoms with E-state index in [1.54, 1.807) is 22.7 Å². The molecule has 84 valence electrons. The quantitative estimate of drug-likeness (QED) is 0.683. The van der Waals surface area contributed by atoms with Crippen molar-refractivity contribution in [3.8, 4) is 21.1 Å². The second-order valence-electron chi connectivity index (χ2n) is 3.41. The first-order chi connectivity index (χ1) is 8.33. The van der Waals surface area contributed by atoms with Gasteiger partial charge < -0.3 is 0 Å². The van der Waals surface area contributed by atoms with Crippen LogP contribution in [-0.2, 0) is 0 Å². The Balaban J connectivity index is 2.01. The van der Waals surface area contributed by atoms with E-state index < -0.39 is 0 Å². The summed E-state index contributed by atoms with van der Waals surface area (Å²) >= 11 is 6.74. The second kappa shape index (κ2) is 4.68. The van der Waals surface area contributed by atoms with Crippen molar-refractivity contribution in [2.24, 2.45) is 0 Å². The van der Waals surface area contributed by atoms with Gasteiger partial charge in [0.15, 0.2) is 0 Å². The molecule has 0 bridgehead atoms. The zero-order valence-corrected chi connectivity index (χ0v) is 11.8. The van der Waals surface area contributed by atoms with Crippen LogP contribution < -0.4 is 0 Å². The van der Waals surface area contributed by atoms with Crippen molar-refractivity contribution in [1.29, 1.82) is 0 Å². The molecule has 0 saturated carbocycles. The van der Waals surface area contributed by atoms with E-state index >= 15 is 0 Å². The van der Waals surface area contributed by atoms with Crippen molar-refractivity contribution in [2.45, 2.75) is 0 Å². The lowest BCUT2D eigenvalue weighted by Gasteiger charge is -1.96. The number of hydrogen-bond donors (Lipinski definition) is 0. The lowest BCUT2D eigenvalue weighted by Crippen LogP contribution is -1.77. The molecule has 0 amide bonds. The molecule has 0 radical (unpaired) electrons. The van der Waals surface area contributed by atoms with Crippen LogP contribution in [0.5, 0.6) is 0 Å². The number of thiazole rings is 2. The predicted octanol–water partition coefficient (Wildman–Crippen LogP) is 4.70. The van der Waals surface area contributed by atoms with Gasteiger partial charge in [-0.2, -0.15) is 0 Å². The number of hydrogen-bond acceptors (Lipinski definition) is 4. The van der Waals surface area contributed by atoms with Gasteiger partial charge in [-0.3, -0.25) is 4.98 Å². The summed E-state index contributed by atoms with van der Waals surface area (Å²) in [7, 11) is 0. The van der Waals surface area contributed by atoms with Crippen LogP contribution in [0.25, 0.3) is 21.1 Å². The minimum Gasteiger partial charge on any atom is -0.252 e. The summed E-state index contributed by atoms with van der Waals surface area (Å²) in [4.78, 5) is 9.83. The average molecular weight is 323 g/mol. The molecule has 1 aromatic carbocycles. The smallest absolute Gasteiger partial charge is 0.135 e. The summed E-state index contributed by atoms with van der Waals surface area (Å²) < 4.78 is 1.07. The minimum absolute atomic E-state index is 1.01. The fourth-order valence-corrected chi connectivity index (χ4v) is 3.41. The molecule has 2 aromatic heterocycles. The molecule has 0 aliphatic carbocycles. The van der Waals surface area contributed by atoms with Crippen LogP contribution in [0, 0.1) is 0 Å². The lowest BCUT2D eigenvalue weighted by atomic mass is 10.2. The first-order valence-corrected chi connectivity index (χ1v) is 7.48. The molecule has 5 heteroatoms. The molecule has 0 unspecified atom stereocenters. The SMILES string of the molecule is Brc1cccc(-c2csc(-c3cncs3)n2)c1. The standard InChI is InChI=1S/C12H7BrN2S2/c13-9-3-1-2-8(4-9)10-6-16-12(15-10)11-5-14-7-17-11/h1-7H. The first-order valence-electron chi connectivity index (χ1n) is 4.93. The minimum atomic E-state index is 1.01. The van der Waals surface area contributed by atoms with Gasteiger partial charge in [0, 0.05) is 21.6 Å². The highest BCUT2D eigenvalue weighted by molar-refractivity contribution is 9.10. The van der Waals surface area contributed by atoms with Gasteiger partial charge in [0.1, 0.15) is 5.01 Å². The summed E-state index contributed by atoms with van der Waals surface area (Å²) in [5, 5.41) is 3.11. The van der Waals surface area contributed by atoms with Gasteiger partial charge in [0.05, 0.1) is 16.1 Å². The average Bonchev–Trinajstić information content (AvgIpc) is 3.00. The van der Waals surface area contributed by atoms with Gasteiger partial charge in [0.2, 0.25) is 0 Å². The van der Waals surface area contributed by atoms with E-state index in [0.29, 0.717) is 0 Å². The van der Waals surface area contributed by atoms with E-state index in [9.17, 15) is 0 Å². The van der Waals surface area contributed by atoms with E-state index in [0.717, 1.165) is 25.6 Å². The molecule has 3 rings (SSSR count). The molecular formula is C12H7BrN2S2. The van der Waals surface area contributed by atoms with Gasteiger partial charge >= 0.3 is 0 Å². The molecule has 2 heterocycles. The highest BCUT2D eigenvalue weighted by atomic mass is 79.9. The molecule has 0 aliphatic heterocycles. The molecule has 0 spiro atoms. The van der Waals surface area contributed by atoms with Crippen LogP contribution in [0.1, 0.15) is 0 Å². The Morgan fingerprint density at radius 3 is 2.88 bits per heavy atom. The molecule has 0 aliphatic rings. The van der Waals surface area contributed by atoms with Crippen molar-refractivity contribution in [1.82, 2.24) is 9.97 Å². The van der Waals surface area contributed by atoms with Gasteiger partial charge in [-0.15, -0.1) is 22.7 Å². The maximum atomic E-state index is 4.63. The van der Waals surface area contributed by atoms with Crippen LogP contribution in [-0.4, -0.2) is 9.97 Å². The normalized spacial score (nSPS) is 10.6. The number of halogens is 1. The summed E-state index contributed by atoms with van der Waals surface area (Å²) in [6.45, 7) is 0. The van der Waals surface area contributed by atoms with Crippen molar-refractivity contribution >= 4 is 38.6 Å². The van der Waals surface area contributed by atoms with Crippen molar-refractivity contribution in [3.63, 3.8) is 0 Å². The predicted molar refractivity (Wildman–Crippen MR) is 76.4 cm³/mol. The van der Waals surface area contributed by atoms with E-state index in [-0.39, 0.29) is 0 Å². The van der Waals surface area contributed by atoms with E-state index in [1.165, 1.54) is 0 Å². The molecule has 3 aromatic rings. The molecule has 0 atom stereocenters. The Labute approximate surface area is 115 Å². The van der Waals surface area contributed by atoms with Gasteiger partial charge in [-0.1, -0.05) is 28.1 Å². The third kappa shape index (κ3) is 2.31. The van der Waals surface area contributed by atoms with Crippen LogP contribution in [0.3, 0.4) is 0 Å².